The number of carbonyl (C=O) groups is 2. The molecule has 6 nitrogen and oxygen atoms in total. The van der Waals surface area contributed by atoms with Crippen LogP contribution in [-0.4, -0.2) is 16.4 Å². The van der Waals surface area contributed by atoms with Crippen molar-refractivity contribution < 1.29 is 14.0 Å². The highest BCUT2D eigenvalue weighted by molar-refractivity contribution is 6.04. The number of amides is 2. The number of halogens is 1. The number of anilines is 1. The maximum atomic E-state index is 13.3. The lowest BCUT2D eigenvalue weighted by molar-refractivity contribution is 0.0998. The van der Waals surface area contributed by atoms with Crippen LogP contribution in [0.2, 0.25) is 0 Å². The summed E-state index contributed by atoms with van der Waals surface area (Å²) in [6.45, 7) is 0.144. The van der Waals surface area contributed by atoms with Crippen LogP contribution in [0.15, 0.2) is 71.7 Å². The molecule has 0 aliphatic heterocycles. The Kier molecular flexibility index (Phi) is 5.12. The Morgan fingerprint density at radius 2 is 1.70 bits per heavy atom. The summed E-state index contributed by atoms with van der Waals surface area (Å²) in [7, 11) is 0. The number of nitrogens with one attached hydrogen (secondary N) is 1. The van der Waals surface area contributed by atoms with Crippen molar-refractivity contribution in [3.63, 3.8) is 0 Å². The van der Waals surface area contributed by atoms with Gasteiger partial charge in [-0.15, -0.1) is 0 Å². The molecule has 3 aromatic rings. The Bertz CT molecular complexity index is 1060. The third kappa shape index (κ3) is 4.46. The second-order valence-corrected chi connectivity index (χ2v) is 5.91. The number of nitrogens with zero attached hydrogens (tertiary/aromatic N) is 1. The summed E-state index contributed by atoms with van der Waals surface area (Å²) in [6, 6.07) is 14.7. The van der Waals surface area contributed by atoms with Gasteiger partial charge in [0.15, 0.2) is 0 Å². The van der Waals surface area contributed by atoms with Crippen molar-refractivity contribution in [3.8, 4) is 0 Å². The third-order valence-corrected chi connectivity index (χ3v) is 3.91. The average molecular weight is 365 g/mol. The van der Waals surface area contributed by atoms with E-state index in [4.69, 9.17) is 5.73 Å². The van der Waals surface area contributed by atoms with E-state index in [0.29, 0.717) is 16.8 Å². The normalized spacial score (nSPS) is 10.4. The molecular weight excluding hydrogens is 349 g/mol. The second kappa shape index (κ2) is 7.65. The number of carbonyl (C=O) groups excluding carboxylic acids is 2. The third-order valence-electron chi connectivity index (χ3n) is 3.91. The minimum atomic E-state index is -0.558. The van der Waals surface area contributed by atoms with Gasteiger partial charge >= 0.3 is 0 Å². The minimum Gasteiger partial charge on any atom is -0.366 e. The van der Waals surface area contributed by atoms with Crippen molar-refractivity contribution in [1.29, 1.82) is 0 Å². The zero-order chi connectivity index (χ0) is 19.4. The lowest BCUT2D eigenvalue weighted by atomic mass is 10.2. The number of benzene rings is 2. The van der Waals surface area contributed by atoms with E-state index in [-0.39, 0.29) is 17.7 Å². The predicted octanol–water partition coefficient (Wildman–Crippen LogP) is 2.39. The summed E-state index contributed by atoms with van der Waals surface area (Å²) in [5.74, 6) is -1.37. The number of hydrogen-bond acceptors (Lipinski definition) is 3. The quantitative estimate of drug-likeness (QED) is 0.727. The van der Waals surface area contributed by atoms with Gasteiger partial charge in [0.25, 0.3) is 11.5 Å². The summed E-state index contributed by atoms with van der Waals surface area (Å²) < 4.78 is 14.7. The van der Waals surface area contributed by atoms with Crippen molar-refractivity contribution >= 4 is 17.5 Å². The molecule has 0 saturated heterocycles. The number of rotatable bonds is 5. The lowest BCUT2D eigenvalue weighted by Gasteiger charge is -2.10. The lowest BCUT2D eigenvalue weighted by Crippen LogP contribution is -2.22. The van der Waals surface area contributed by atoms with E-state index in [1.807, 2.05) is 0 Å². The molecule has 0 unspecified atom stereocenters. The van der Waals surface area contributed by atoms with Crippen LogP contribution in [0.25, 0.3) is 0 Å². The molecule has 27 heavy (non-hydrogen) atoms. The van der Waals surface area contributed by atoms with Gasteiger partial charge in [-0.3, -0.25) is 14.4 Å². The zero-order valence-corrected chi connectivity index (χ0v) is 14.2. The molecule has 0 fully saturated rings. The Hall–Kier alpha value is -3.74. The van der Waals surface area contributed by atoms with E-state index in [0.717, 1.165) is 0 Å². The van der Waals surface area contributed by atoms with Gasteiger partial charge in [0.1, 0.15) is 5.82 Å². The average Bonchev–Trinajstić information content (AvgIpc) is 2.64. The largest absolute Gasteiger partial charge is 0.366 e. The summed E-state index contributed by atoms with van der Waals surface area (Å²) in [5, 5.41) is 2.68. The van der Waals surface area contributed by atoms with Gasteiger partial charge in [0, 0.05) is 23.5 Å². The first-order valence-corrected chi connectivity index (χ1v) is 8.08. The van der Waals surface area contributed by atoms with Crippen molar-refractivity contribution in [2.75, 3.05) is 5.32 Å². The van der Waals surface area contributed by atoms with E-state index in [1.54, 1.807) is 24.3 Å². The zero-order valence-electron chi connectivity index (χ0n) is 14.2. The van der Waals surface area contributed by atoms with E-state index in [1.165, 1.54) is 47.2 Å². The van der Waals surface area contributed by atoms with Gasteiger partial charge < -0.3 is 15.6 Å². The first-order chi connectivity index (χ1) is 12.9. The Labute approximate surface area is 154 Å². The molecule has 3 N–H and O–H groups in total. The SMILES string of the molecule is NC(=O)c1ccc(NC(=O)c2ccc(=O)n(Cc3cccc(F)c3)c2)cc1. The van der Waals surface area contributed by atoms with E-state index >= 15 is 0 Å². The van der Waals surface area contributed by atoms with E-state index in [9.17, 15) is 18.8 Å². The van der Waals surface area contributed by atoms with Crippen molar-refractivity contribution in [1.82, 2.24) is 4.57 Å². The van der Waals surface area contributed by atoms with Crippen LogP contribution in [0.4, 0.5) is 10.1 Å². The molecule has 0 spiro atoms. The van der Waals surface area contributed by atoms with Gasteiger partial charge in [-0.2, -0.15) is 0 Å². The van der Waals surface area contributed by atoms with Gasteiger partial charge in [-0.25, -0.2) is 4.39 Å². The number of primary amides is 1. The fourth-order valence-corrected chi connectivity index (χ4v) is 2.54. The maximum Gasteiger partial charge on any atom is 0.257 e. The molecule has 1 heterocycles. The highest BCUT2D eigenvalue weighted by Gasteiger charge is 2.09. The van der Waals surface area contributed by atoms with Crippen LogP contribution in [0, 0.1) is 5.82 Å². The Morgan fingerprint density at radius 3 is 2.37 bits per heavy atom. The number of pyridine rings is 1. The smallest absolute Gasteiger partial charge is 0.257 e. The van der Waals surface area contributed by atoms with Crippen LogP contribution >= 0.6 is 0 Å². The molecule has 0 aliphatic rings. The molecule has 0 atom stereocenters. The van der Waals surface area contributed by atoms with Crippen molar-refractivity contribution in [3.05, 3.63) is 99.7 Å². The fourth-order valence-electron chi connectivity index (χ4n) is 2.54. The van der Waals surface area contributed by atoms with E-state index < -0.39 is 17.6 Å². The second-order valence-electron chi connectivity index (χ2n) is 5.91. The standard InChI is InChI=1S/C20H16FN3O3/c21-16-3-1-2-13(10-16)11-24-12-15(6-9-18(24)25)20(27)23-17-7-4-14(5-8-17)19(22)26/h1-10,12H,11H2,(H2,22,26)(H,23,27). The van der Waals surface area contributed by atoms with Gasteiger partial charge in [-0.1, -0.05) is 12.1 Å². The molecule has 1 aromatic heterocycles. The first-order valence-electron chi connectivity index (χ1n) is 8.08. The molecular formula is C20H16FN3O3. The predicted molar refractivity (Wildman–Crippen MR) is 99.1 cm³/mol. The van der Waals surface area contributed by atoms with Crippen LogP contribution in [0.3, 0.4) is 0 Å². The van der Waals surface area contributed by atoms with Gasteiger partial charge in [0.05, 0.1) is 12.1 Å². The topological polar surface area (TPSA) is 94.2 Å². The molecule has 2 aromatic carbocycles. The molecule has 136 valence electrons. The monoisotopic (exact) mass is 365 g/mol. The molecule has 2 amide bonds. The molecule has 7 heteroatoms. The Balaban J connectivity index is 1.79. The maximum absolute atomic E-state index is 13.3. The summed E-state index contributed by atoms with van der Waals surface area (Å²) in [5.41, 5.74) is 6.56. The van der Waals surface area contributed by atoms with Crippen molar-refractivity contribution in [2.24, 2.45) is 5.73 Å². The van der Waals surface area contributed by atoms with Gasteiger partial charge in [-0.05, 0) is 48.0 Å². The fraction of sp³-hybridized carbons (Fsp3) is 0.0500. The summed E-state index contributed by atoms with van der Waals surface area (Å²) in [4.78, 5) is 35.5. The van der Waals surface area contributed by atoms with Crippen LogP contribution in [0.5, 0.6) is 0 Å². The first kappa shape index (κ1) is 18.1. The molecule has 0 bridgehead atoms. The summed E-state index contributed by atoms with van der Waals surface area (Å²) >= 11 is 0. The van der Waals surface area contributed by atoms with Crippen LogP contribution in [-0.2, 0) is 6.54 Å². The number of aromatic nitrogens is 1. The highest BCUT2D eigenvalue weighted by atomic mass is 19.1. The number of nitrogens with two attached hydrogens (primary N) is 1. The van der Waals surface area contributed by atoms with Crippen LogP contribution in [0.1, 0.15) is 26.3 Å². The number of hydrogen-bond donors (Lipinski definition) is 2. The Morgan fingerprint density at radius 1 is 1.00 bits per heavy atom. The molecule has 0 radical (unpaired) electrons. The van der Waals surface area contributed by atoms with Gasteiger partial charge in [0.2, 0.25) is 5.91 Å². The van der Waals surface area contributed by atoms with Crippen LogP contribution < -0.4 is 16.6 Å². The molecule has 0 saturated carbocycles. The van der Waals surface area contributed by atoms with E-state index in [2.05, 4.69) is 5.32 Å². The summed E-state index contributed by atoms with van der Waals surface area (Å²) in [6.07, 6.45) is 1.42. The highest BCUT2D eigenvalue weighted by Crippen LogP contribution is 2.11. The molecule has 0 aliphatic carbocycles. The van der Waals surface area contributed by atoms with Crippen molar-refractivity contribution in [2.45, 2.75) is 6.54 Å². The molecule has 3 rings (SSSR count). The minimum absolute atomic E-state index is 0.144.